The number of hydrogen-bond donors (Lipinski definition) is 1. The molecule has 0 radical (unpaired) electrons. The van der Waals surface area contributed by atoms with Crippen LogP contribution in [-0.2, 0) is 6.42 Å². The maximum absolute atomic E-state index is 3.78. The average molecular weight is 255 g/mol. The van der Waals surface area contributed by atoms with Crippen LogP contribution in [0.15, 0.2) is 35.9 Å². The van der Waals surface area contributed by atoms with Crippen LogP contribution in [0.25, 0.3) is 0 Å². The first-order valence-corrected chi connectivity index (χ1v) is 7.92. The lowest BCUT2D eigenvalue weighted by molar-refractivity contribution is 0.460. The molecular formula is C18H25N. The van der Waals surface area contributed by atoms with Crippen LogP contribution in [0.1, 0.15) is 62.1 Å². The zero-order chi connectivity index (χ0) is 12.9. The van der Waals surface area contributed by atoms with Crippen molar-refractivity contribution in [3.8, 4) is 0 Å². The third-order valence-electron chi connectivity index (χ3n) is 4.59. The summed E-state index contributed by atoms with van der Waals surface area (Å²) in [7, 11) is 0. The summed E-state index contributed by atoms with van der Waals surface area (Å²) in [5.74, 6) is 0. The van der Waals surface area contributed by atoms with Crippen molar-refractivity contribution in [3.63, 3.8) is 0 Å². The smallest absolute Gasteiger partial charge is 0.0323 e. The lowest BCUT2D eigenvalue weighted by Gasteiger charge is -2.27. The van der Waals surface area contributed by atoms with Crippen LogP contribution in [0.4, 0.5) is 0 Å². The minimum Gasteiger partial charge on any atom is -0.310 e. The van der Waals surface area contributed by atoms with Crippen LogP contribution in [0.2, 0.25) is 0 Å². The van der Waals surface area contributed by atoms with Gasteiger partial charge in [-0.25, -0.2) is 0 Å². The highest BCUT2D eigenvalue weighted by atomic mass is 14.9. The van der Waals surface area contributed by atoms with Gasteiger partial charge in [-0.05, 0) is 69.0 Å². The molecule has 2 aliphatic carbocycles. The molecule has 1 aromatic carbocycles. The maximum atomic E-state index is 3.78. The standard InChI is InChI=1S/C18H25N/c1-2-7-15(8-3-1)13-14-19-18-12-6-10-16-9-4-5-11-17(16)18/h4-5,7,9,11,18-19H,1-3,6,8,10,12-14H2. The van der Waals surface area contributed by atoms with Gasteiger partial charge < -0.3 is 5.32 Å². The Morgan fingerprint density at radius 2 is 2.00 bits per heavy atom. The Bertz CT molecular complexity index is 447. The van der Waals surface area contributed by atoms with E-state index in [0.717, 1.165) is 6.54 Å². The summed E-state index contributed by atoms with van der Waals surface area (Å²) in [5.41, 5.74) is 4.79. The first-order valence-electron chi connectivity index (χ1n) is 7.92. The van der Waals surface area contributed by atoms with Gasteiger partial charge in [-0.15, -0.1) is 0 Å². The molecular weight excluding hydrogens is 230 g/mol. The third-order valence-corrected chi connectivity index (χ3v) is 4.59. The Hall–Kier alpha value is -1.08. The molecule has 1 aromatic rings. The van der Waals surface area contributed by atoms with Crippen molar-refractivity contribution in [2.75, 3.05) is 6.54 Å². The van der Waals surface area contributed by atoms with Gasteiger partial charge in [0.1, 0.15) is 0 Å². The summed E-state index contributed by atoms with van der Waals surface area (Å²) in [6.45, 7) is 1.14. The topological polar surface area (TPSA) is 12.0 Å². The van der Waals surface area contributed by atoms with E-state index in [2.05, 4.69) is 35.7 Å². The van der Waals surface area contributed by atoms with E-state index in [1.54, 1.807) is 16.7 Å². The Labute approximate surface area is 117 Å². The van der Waals surface area contributed by atoms with Crippen LogP contribution < -0.4 is 5.32 Å². The van der Waals surface area contributed by atoms with E-state index in [-0.39, 0.29) is 0 Å². The molecule has 1 unspecified atom stereocenters. The van der Waals surface area contributed by atoms with Gasteiger partial charge >= 0.3 is 0 Å². The predicted molar refractivity (Wildman–Crippen MR) is 81.3 cm³/mol. The largest absolute Gasteiger partial charge is 0.310 e. The van der Waals surface area contributed by atoms with Crippen LogP contribution in [0.5, 0.6) is 0 Å². The van der Waals surface area contributed by atoms with Crippen LogP contribution in [0.3, 0.4) is 0 Å². The first-order chi connectivity index (χ1) is 9.43. The highest BCUT2D eigenvalue weighted by Crippen LogP contribution is 2.29. The zero-order valence-electron chi connectivity index (χ0n) is 11.8. The number of benzene rings is 1. The van der Waals surface area contributed by atoms with Crippen molar-refractivity contribution in [2.24, 2.45) is 0 Å². The van der Waals surface area contributed by atoms with Gasteiger partial charge in [-0.3, -0.25) is 0 Å². The second kappa shape index (κ2) is 6.38. The van der Waals surface area contributed by atoms with Crippen molar-refractivity contribution in [2.45, 2.75) is 57.4 Å². The molecule has 0 heterocycles. The van der Waals surface area contributed by atoms with Crippen LogP contribution in [-0.4, -0.2) is 6.54 Å². The van der Waals surface area contributed by atoms with Crippen LogP contribution >= 0.6 is 0 Å². The first kappa shape index (κ1) is 12.9. The zero-order valence-corrected chi connectivity index (χ0v) is 11.8. The van der Waals surface area contributed by atoms with E-state index in [0.29, 0.717) is 6.04 Å². The van der Waals surface area contributed by atoms with E-state index in [9.17, 15) is 0 Å². The molecule has 19 heavy (non-hydrogen) atoms. The molecule has 0 spiro atoms. The fourth-order valence-corrected chi connectivity index (χ4v) is 3.50. The number of allylic oxidation sites excluding steroid dienone is 1. The predicted octanol–water partition coefficient (Wildman–Crippen LogP) is 4.54. The van der Waals surface area contributed by atoms with Crippen LogP contribution in [0, 0.1) is 0 Å². The lowest BCUT2D eigenvalue weighted by atomic mass is 9.87. The van der Waals surface area contributed by atoms with E-state index in [4.69, 9.17) is 0 Å². The summed E-state index contributed by atoms with van der Waals surface area (Å²) in [4.78, 5) is 0. The Balaban J connectivity index is 1.55. The molecule has 1 heteroatoms. The summed E-state index contributed by atoms with van der Waals surface area (Å²) < 4.78 is 0. The highest BCUT2D eigenvalue weighted by molar-refractivity contribution is 5.32. The number of aryl methyl sites for hydroxylation is 1. The summed E-state index contributed by atoms with van der Waals surface area (Å²) >= 11 is 0. The summed E-state index contributed by atoms with van der Waals surface area (Å²) in [6.07, 6.45) is 13.1. The van der Waals surface area contributed by atoms with E-state index in [1.807, 2.05) is 0 Å². The normalized spacial score (nSPS) is 22.7. The Kier molecular flexibility index (Phi) is 4.34. The number of hydrogen-bond acceptors (Lipinski definition) is 1. The quantitative estimate of drug-likeness (QED) is 0.779. The van der Waals surface area contributed by atoms with Gasteiger partial charge in [-0.2, -0.15) is 0 Å². The number of fused-ring (bicyclic) bond motifs is 1. The monoisotopic (exact) mass is 255 g/mol. The fraction of sp³-hybridized carbons (Fsp3) is 0.556. The molecule has 102 valence electrons. The van der Waals surface area contributed by atoms with Gasteiger partial charge in [-0.1, -0.05) is 35.9 Å². The lowest BCUT2D eigenvalue weighted by Crippen LogP contribution is -2.26. The van der Waals surface area contributed by atoms with E-state index in [1.165, 1.54) is 51.4 Å². The molecule has 0 amide bonds. The molecule has 0 aliphatic heterocycles. The van der Waals surface area contributed by atoms with Crippen molar-refractivity contribution in [1.29, 1.82) is 0 Å². The molecule has 1 atom stereocenters. The van der Waals surface area contributed by atoms with Gasteiger partial charge in [0, 0.05) is 6.04 Å². The molecule has 2 aliphatic rings. The highest BCUT2D eigenvalue weighted by Gasteiger charge is 2.18. The molecule has 0 fully saturated rings. The molecule has 3 rings (SSSR count). The van der Waals surface area contributed by atoms with E-state index >= 15 is 0 Å². The van der Waals surface area contributed by atoms with Gasteiger partial charge in [0.25, 0.3) is 0 Å². The Morgan fingerprint density at radius 3 is 2.89 bits per heavy atom. The third kappa shape index (κ3) is 3.27. The molecule has 0 saturated heterocycles. The van der Waals surface area contributed by atoms with Crippen molar-refractivity contribution in [1.82, 2.24) is 5.32 Å². The second-order valence-corrected chi connectivity index (χ2v) is 5.96. The van der Waals surface area contributed by atoms with Crippen molar-refractivity contribution < 1.29 is 0 Å². The number of nitrogens with one attached hydrogen (secondary N) is 1. The second-order valence-electron chi connectivity index (χ2n) is 5.96. The summed E-state index contributed by atoms with van der Waals surface area (Å²) in [5, 5.41) is 3.78. The van der Waals surface area contributed by atoms with Gasteiger partial charge in [0.05, 0.1) is 0 Å². The number of rotatable bonds is 4. The fourth-order valence-electron chi connectivity index (χ4n) is 3.50. The molecule has 1 N–H and O–H groups in total. The summed E-state index contributed by atoms with van der Waals surface area (Å²) in [6, 6.07) is 9.56. The molecule has 0 aromatic heterocycles. The average Bonchev–Trinajstić information content (AvgIpc) is 2.49. The maximum Gasteiger partial charge on any atom is 0.0323 e. The molecule has 0 bridgehead atoms. The minimum absolute atomic E-state index is 0.592. The van der Waals surface area contributed by atoms with Gasteiger partial charge in [0.15, 0.2) is 0 Å². The van der Waals surface area contributed by atoms with Crippen molar-refractivity contribution in [3.05, 3.63) is 47.0 Å². The van der Waals surface area contributed by atoms with E-state index < -0.39 is 0 Å². The van der Waals surface area contributed by atoms with Crippen molar-refractivity contribution >= 4 is 0 Å². The molecule has 1 nitrogen and oxygen atoms in total. The Morgan fingerprint density at radius 1 is 1.05 bits per heavy atom. The molecule has 0 saturated carbocycles. The SMILES string of the molecule is C1=C(CCNC2CCCc3ccccc32)CCCC1. The minimum atomic E-state index is 0.592. The van der Waals surface area contributed by atoms with Gasteiger partial charge in [0.2, 0.25) is 0 Å².